The van der Waals surface area contributed by atoms with Gasteiger partial charge < -0.3 is 19.1 Å². The van der Waals surface area contributed by atoms with Crippen LogP contribution in [0.15, 0.2) is 24.3 Å². The summed E-state index contributed by atoms with van der Waals surface area (Å²) in [7, 11) is 10.7. The molecule has 0 unspecified atom stereocenters. The summed E-state index contributed by atoms with van der Waals surface area (Å²) in [4.78, 5) is 25.7. The van der Waals surface area contributed by atoms with Crippen LogP contribution in [-0.4, -0.2) is 105 Å². The summed E-state index contributed by atoms with van der Waals surface area (Å²) in [6, 6.07) is 4.28. The Hall–Kier alpha value is -2.23. The Morgan fingerprint density at radius 3 is 2.18 bits per heavy atom. The maximum atomic E-state index is 12.1. The Labute approximate surface area is 226 Å². The summed E-state index contributed by atoms with van der Waals surface area (Å²) in [5.41, 5.74) is 2.15. The molecule has 10 nitrogen and oxygen atoms in total. The fourth-order valence-electron chi connectivity index (χ4n) is 6.81. The van der Waals surface area contributed by atoms with Crippen molar-refractivity contribution >= 4 is 19.5 Å². The molecule has 210 valence electrons. The average Bonchev–Trinajstić information content (AvgIpc) is 3.18. The monoisotopic (exact) mass is 548 g/mol. The van der Waals surface area contributed by atoms with Gasteiger partial charge in [0.25, 0.3) is 7.59 Å². The highest BCUT2D eigenvalue weighted by atomic mass is 31.2. The topological polar surface area (TPSA) is 91.9 Å². The zero-order chi connectivity index (χ0) is 28.2. The quantitative estimate of drug-likeness (QED) is 0.237. The number of benzene rings is 1. The average molecular weight is 549 g/mol. The van der Waals surface area contributed by atoms with Gasteiger partial charge in [0.1, 0.15) is 6.10 Å². The fourth-order valence-corrected chi connectivity index (χ4v) is 8.96. The number of ether oxygens (including phenoxy) is 3. The summed E-state index contributed by atoms with van der Waals surface area (Å²) in [6.45, 7) is 3.77. The highest BCUT2D eigenvalue weighted by Crippen LogP contribution is 2.62. The molecule has 0 saturated carbocycles. The van der Waals surface area contributed by atoms with Gasteiger partial charge in [0.15, 0.2) is 17.6 Å². The molecule has 1 spiro atoms. The van der Waals surface area contributed by atoms with Crippen LogP contribution in [0.2, 0.25) is 0 Å². The van der Waals surface area contributed by atoms with Crippen LogP contribution in [0.25, 0.3) is 0 Å². The second-order valence-corrected chi connectivity index (χ2v) is 14.6. The Balaban J connectivity index is 0.000000261. The van der Waals surface area contributed by atoms with Crippen molar-refractivity contribution in [1.29, 1.82) is 0 Å². The number of rotatable bonds is 5. The molecule has 2 aliphatic carbocycles. The van der Waals surface area contributed by atoms with E-state index in [1.54, 1.807) is 14.0 Å². The summed E-state index contributed by atoms with van der Waals surface area (Å²) < 4.78 is 34.8. The number of hydrogen-bond acceptors (Lipinski definition) is 7. The molecule has 0 amide bonds. The molecule has 1 saturated heterocycles. The van der Waals surface area contributed by atoms with E-state index >= 15 is 0 Å². The Morgan fingerprint density at radius 1 is 1.03 bits per heavy atom. The molecule has 2 aliphatic heterocycles. The molecule has 1 aromatic carbocycles. The van der Waals surface area contributed by atoms with E-state index in [0.717, 1.165) is 24.9 Å². The second-order valence-electron chi connectivity index (χ2n) is 11.1. The van der Waals surface area contributed by atoms with Gasteiger partial charge >= 0.3 is 11.9 Å². The van der Waals surface area contributed by atoms with Crippen LogP contribution in [0.1, 0.15) is 31.4 Å². The van der Waals surface area contributed by atoms with Crippen LogP contribution < -0.4 is 9.47 Å². The lowest BCUT2D eigenvalue weighted by Crippen LogP contribution is -2.65. The van der Waals surface area contributed by atoms with E-state index in [9.17, 15) is 14.2 Å². The minimum Gasteiger partial charge on any atom is -0.481 e. The van der Waals surface area contributed by atoms with Crippen LogP contribution in [0.5, 0.6) is 11.5 Å². The second kappa shape index (κ2) is 10.4. The fraction of sp³-hybridized carbons (Fsp3) is 0.630. The largest absolute Gasteiger partial charge is 0.481 e. The maximum Gasteiger partial charge on any atom is 0.308 e. The van der Waals surface area contributed by atoms with Gasteiger partial charge in [-0.3, -0.25) is 14.2 Å². The Kier molecular flexibility index (Phi) is 7.87. The first-order chi connectivity index (χ1) is 17.7. The normalized spacial score (nSPS) is 28.9. The molecule has 2 bridgehead atoms. The molecule has 11 heteroatoms. The van der Waals surface area contributed by atoms with Gasteiger partial charge in [-0.1, -0.05) is 12.1 Å². The summed E-state index contributed by atoms with van der Waals surface area (Å²) >= 11 is 0. The van der Waals surface area contributed by atoms with Crippen LogP contribution in [0, 0.1) is 5.92 Å². The van der Waals surface area contributed by atoms with Crippen molar-refractivity contribution in [3.63, 3.8) is 0 Å². The molecule has 1 fully saturated rings. The number of hydrogen-bond donors (Lipinski definition) is 0. The lowest BCUT2D eigenvalue weighted by atomic mass is 9.53. The van der Waals surface area contributed by atoms with E-state index < -0.39 is 13.7 Å². The maximum absolute atomic E-state index is 12.1. The molecular weight excluding hydrogens is 507 g/mol. The smallest absolute Gasteiger partial charge is 0.308 e. The highest BCUT2D eigenvalue weighted by molar-refractivity contribution is 7.56. The van der Waals surface area contributed by atoms with E-state index in [2.05, 4.69) is 24.1 Å². The van der Waals surface area contributed by atoms with Crippen molar-refractivity contribution in [2.45, 2.75) is 50.4 Å². The SMILES string of the molecule is CC(=O)Oc1ccc2c3c1O[C@H]1[C@@H](OC(C)=O)C=C[C@H]4[C@@H](C2)N(C)CC[C@@]341.CN(C)P(=O)(N(C)C)N(C)C. The molecule has 38 heavy (non-hydrogen) atoms. The first kappa shape index (κ1) is 28.8. The summed E-state index contributed by atoms with van der Waals surface area (Å²) in [5, 5.41) is 0. The molecule has 5 atom stereocenters. The number of esters is 2. The minimum absolute atomic E-state index is 0.245. The third-order valence-electron chi connectivity index (χ3n) is 8.23. The first-order valence-corrected chi connectivity index (χ1v) is 14.5. The highest BCUT2D eigenvalue weighted by Gasteiger charge is 2.65. The van der Waals surface area contributed by atoms with Crippen LogP contribution >= 0.6 is 7.59 Å². The molecule has 1 aromatic rings. The van der Waals surface area contributed by atoms with Crippen molar-refractivity contribution < 1.29 is 28.4 Å². The summed E-state index contributed by atoms with van der Waals surface area (Å²) in [6.07, 6.45) is 5.31. The predicted octanol–water partition coefficient (Wildman–Crippen LogP) is 2.77. The van der Waals surface area contributed by atoms with Gasteiger partial charge in [-0.25, -0.2) is 14.0 Å². The molecule has 0 N–H and O–H groups in total. The van der Waals surface area contributed by atoms with Crippen LogP contribution in [-0.2, 0) is 30.7 Å². The zero-order valence-corrected chi connectivity index (χ0v) is 24.8. The van der Waals surface area contributed by atoms with Gasteiger partial charge in [0.2, 0.25) is 0 Å². The van der Waals surface area contributed by atoms with Crippen molar-refractivity contribution in [3.8, 4) is 11.5 Å². The molecule has 2 heterocycles. The van der Waals surface area contributed by atoms with Crippen molar-refractivity contribution in [3.05, 3.63) is 35.4 Å². The van der Waals surface area contributed by atoms with E-state index in [4.69, 9.17) is 14.2 Å². The van der Waals surface area contributed by atoms with Crippen LogP contribution in [0.3, 0.4) is 0 Å². The van der Waals surface area contributed by atoms with Gasteiger partial charge in [0.05, 0.1) is 0 Å². The Morgan fingerprint density at radius 2 is 1.66 bits per heavy atom. The molecule has 0 radical (unpaired) electrons. The zero-order valence-electron chi connectivity index (χ0n) is 23.9. The lowest BCUT2D eigenvalue weighted by Gasteiger charge is -2.56. The Bertz CT molecular complexity index is 1160. The molecule has 5 rings (SSSR count). The first-order valence-electron chi connectivity index (χ1n) is 13.0. The van der Waals surface area contributed by atoms with E-state index in [-0.39, 0.29) is 29.4 Å². The van der Waals surface area contributed by atoms with E-state index in [0.29, 0.717) is 17.5 Å². The van der Waals surface area contributed by atoms with Gasteiger partial charge in [-0.2, -0.15) is 0 Å². The molecule has 4 aliphatic rings. The standard InChI is InChI=1S/C21H23NO5.C6H18N3OP/c1-11(23)25-16-6-4-13-10-15-14-5-7-17(26-12(2)24)20-21(14,8-9-22(15)3)18(13)19(16)27-20;1-7(2)11(10,8(3)4)9(5)6/h4-7,14-15,17,20H,8-10H2,1-3H3;1-6H3/t14-,15+,17-,20-,21-;/m0./s1. The number of nitrogens with zero attached hydrogens (tertiary/aromatic N) is 4. The van der Waals surface area contributed by atoms with Gasteiger partial charge in [-0.15, -0.1) is 0 Å². The van der Waals surface area contributed by atoms with Crippen molar-refractivity contribution in [1.82, 2.24) is 18.9 Å². The van der Waals surface area contributed by atoms with Crippen molar-refractivity contribution in [2.24, 2.45) is 5.92 Å². The number of likely N-dealkylation sites (N-methyl/N-ethyl adjacent to an activating group) is 1. The van der Waals surface area contributed by atoms with E-state index in [1.807, 2.05) is 54.4 Å². The number of piperidine rings is 1. The lowest BCUT2D eigenvalue weighted by molar-refractivity contribution is -0.152. The number of likely N-dealkylation sites (tertiary alicyclic amines) is 1. The minimum atomic E-state index is -2.44. The van der Waals surface area contributed by atoms with Gasteiger partial charge in [0, 0.05) is 36.8 Å². The number of carbonyl (C=O) groups excluding carboxylic acids is 2. The molecule has 0 aromatic heterocycles. The molecular formula is C27H41N4O6P. The van der Waals surface area contributed by atoms with Gasteiger partial charge in [-0.05, 0) is 86.4 Å². The summed E-state index contributed by atoms with van der Waals surface area (Å²) in [5.74, 6) is 0.712. The third kappa shape index (κ3) is 4.50. The van der Waals surface area contributed by atoms with E-state index in [1.165, 1.54) is 19.4 Å². The third-order valence-corrected chi connectivity index (χ3v) is 11.4. The van der Waals surface area contributed by atoms with Crippen molar-refractivity contribution in [2.75, 3.05) is 55.9 Å². The number of carbonyl (C=O) groups is 2. The predicted molar refractivity (Wildman–Crippen MR) is 145 cm³/mol. The van der Waals surface area contributed by atoms with Crippen LogP contribution in [0.4, 0.5) is 0 Å².